The molecular weight excluding hydrogens is 272 g/mol. The van der Waals surface area contributed by atoms with Gasteiger partial charge in [-0.05, 0) is 42.3 Å². The maximum Gasteiger partial charge on any atom is 0.416 e. The van der Waals surface area contributed by atoms with Gasteiger partial charge in [0.2, 0.25) is 0 Å². The van der Waals surface area contributed by atoms with Crippen LogP contribution in [-0.2, 0) is 12.8 Å². The van der Waals surface area contributed by atoms with Gasteiger partial charge in [0.25, 0.3) is 0 Å². The van der Waals surface area contributed by atoms with E-state index in [1.807, 2.05) is 0 Å². The minimum Gasteiger partial charge on any atom is -0.486 e. The molecule has 0 atom stereocenters. The molecule has 0 aromatic heterocycles. The van der Waals surface area contributed by atoms with Gasteiger partial charge in [-0.15, -0.1) is 0 Å². The lowest BCUT2D eigenvalue weighted by atomic mass is 10.1. The van der Waals surface area contributed by atoms with E-state index in [-0.39, 0.29) is 12.4 Å². The first-order valence-electron chi connectivity index (χ1n) is 5.91. The van der Waals surface area contributed by atoms with Crippen LogP contribution in [0, 0.1) is 12.7 Å². The normalized spacial score (nSPS) is 11.4. The van der Waals surface area contributed by atoms with Crippen LogP contribution in [0.4, 0.5) is 17.6 Å². The van der Waals surface area contributed by atoms with Crippen LogP contribution >= 0.6 is 0 Å². The third-order valence-electron chi connectivity index (χ3n) is 2.74. The predicted molar refractivity (Wildman–Crippen MR) is 66.9 cm³/mol. The molecular formula is C15H12F4O. The van der Waals surface area contributed by atoms with Crippen LogP contribution < -0.4 is 4.74 Å². The van der Waals surface area contributed by atoms with Crippen LogP contribution in [0.15, 0.2) is 42.5 Å². The molecule has 2 aromatic carbocycles. The first-order chi connectivity index (χ1) is 9.36. The van der Waals surface area contributed by atoms with E-state index in [2.05, 4.69) is 0 Å². The van der Waals surface area contributed by atoms with E-state index in [9.17, 15) is 17.6 Å². The number of halogens is 4. The van der Waals surface area contributed by atoms with E-state index in [1.54, 1.807) is 13.0 Å². The Bertz CT molecular complexity index is 605. The fraction of sp³-hybridized carbons (Fsp3) is 0.200. The second kappa shape index (κ2) is 5.53. The van der Waals surface area contributed by atoms with Gasteiger partial charge in [-0.3, -0.25) is 0 Å². The van der Waals surface area contributed by atoms with Crippen molar-refractivity contribution in [2.75, 3.05) is 0 Å². The molecule has 2 aromatic rings. The third kappa shape index (κ3) is 3.50. The summed E-state index contributed by atoms with van der Waals surface area (Å²) in [6.45, 7) is 1.65. The Morgan fingerprint density at radius 1 is 1.05 bits per heavy atom. The smallest absolute Gasteiger partial charge is 0.416 e. The second-order valence-electron chi connectivity index (χ2n) is 4.42. The molecule has 0 aliphatic rings. The maximum atomic E-state index is 13.4. The van der Waals surface area contributed by atoms with E-state index in [1.165, 1.54) is 24.3 Å². The Morgan fingerprint density at radius 2 is 1.80 bits per heavy atom. The molecule has 0 aliphatic heterocycles. The van der Waals surface area contributed by atoms with E-state index < -0.39 is 17.6 Å². The number of hydrogen-bond acceptors (Lipinski definition) is 1. The van der Waals surface area contributed by atoms with Crippen molar-refractivity contribution in [1.29, 1.82) is 0 Å². The highest BCUT2D eigenvalue weighted by Crippen LogP contribution is 2.30. The van der Waals surface area contributed by atoms with Gasteiger partial charge in [0.1, 0.15) is 6.61 Å². The van der Waals surface area contributed by atoms with Gasteiger partial charge in [0.15, 0.2) is 11.6 Å². The lowest BCUT2D eigenvalue weighted by Gasteiger charge is -2.11. The van der Waals surface area contributed by atoms with Crippen LogP contribution in [-0.4, -0.2) is 0 Å². The van der Waals surface area contributed by atoms with Crippen LogP contribution in [0.2, 0.25) is 0 Å². The Kier molecular flexibility index (Phi) is 3.97. The molecule has 20 heavy (non-hydrogen) atoms. The number of alkyl halides is 3. The second-order valence-corrected chi connectivity index (χ2v) is 4.42. The minimum absolute atomic E-state index is 0.0300. The highest BCUT2D eigenvalue weighted by atomic mass is 19.4. The molecule has 106 valence electrons. The highest BCUT2D eigenvalue weighted by molar-refractivity contribution is 5.30. The number of rotatable bonds is 3. The zero-order chi connectivity index (χ0) is 14.8. The molecule has 0 N–H and O–H groups in total. The van der Waals surface area contributed by atoms with Crippen molar-refractivity contribution in [1.82, 2.24) is 0 Å². The number of benzene rings is 2. The maximum absolute atomic E-state index is 13.4. The van der Waals surface area contributed by atoms with Crippen LogP contribution in [0.3, 0.4) is 0 Å². The average Bonchev–Trinajstić information content (AvgIpc) is 2.39. The largest absolute Gasteiger partial charge is 0.486 e. The SMILES string of the molecule is Cc1ccc(F)c(OCc2cccc(C(F)(F)F)c2)c1. The fourth-order valence-electron chi connectivity index (χ4n) is 1.72. The topological polar surface area (TPSA) is 9.23 Å². The summed E-state index contributed by atoms with van der Waals surface area (Å²) in [6.07, 6.45) is -4.40. The van der Waals surface area contributed by atoms with Crippen molar-refractivity contribution >= 4 is 0 Å². The molecule has 0 radical (unpaired) electrons. The summed E-state index contributed by atoms with van der Waals surface area (Å²) < 4.78 is 56.3. The Hall–Kier alpha value is -2.04. The van der Waals surface area contributed by atoms with E-state index in [4.69, 9.17) is 4.74 Å². The van der Waals surface area contributed by atoms with Crippen molar-refractivity contribution < 1.29 is 22.3 Å². The van der Waals surface area contributed by atoms with Gasteiger partial charge in [-0.25, -0.2) is 4.39 Å². The third-order valence-corrected chi connectivity index (χ3v) is 2.74. The quantitative estimate of drug-likeness (QED) is 0.740. The Labute approximate surface area is 113 Å². The molecule has 0 unspecified atom stereocenters. The molecule has 0 spiro atoms. The molecule has 0 aliphatic carbocycles. The lowest BCUT2D eigenvalue weighted by Crippen LogP contribution is -2.06. The number of aryl methyl sites for hydroxylation is 1. The fourth-order valence-corrected chi connectivity index (χ4v) is 1.72. The average molecular weight is 284 g/mol. The number of ether oxygens (including phenoxy) is 1. The molecule has 0 amide bonds. The molecule has 0 bridgehead atoms. The van der Waals surface area contributed by atoms with Crippen molar-refractivity contribution in [2.24, 2.45) is 0 Å². The summed E-state index contributed by atoms with van der Waals surface area (Å²) in [5.74, 6) is -0.509. The summed E-state index contributed by atoms with van der Waals surface area (Å²) >= 11 is 0. The van der Waals surface area contributed by atoms with Crippen molar-refractivity contribution in [3.8, 4) is 5.75 Å². The summed E-state index contributed by atoms with van der Waals surface area (Å²) in [7, 11) is 0. The van der Waals surface area contributed by atoms with E-state index >= 15 is 0 Å². The monoisotopic (exact) mass is 284 g/mol. The standard InChI is InChI=1S/C15H12F4O/c1-10-5-6-13(16)14(7-10)20-9-11-3-2-4-12(8-11)15(17,18)19/h2-8H,9H2,1H3. The summed E-state index contributed by atoms with van der Waals surface area (Å²) in [5, 5.41) is 0. The van der Waals surface area contributed by atoms with E-state index in [0.717, 1.165) is 17.7 Å². The van der Waals surface area contributed by atoms with Gasteiger partial charge >= 0.3 is 6.18 Å². The van der Waals surface area contributed by atoms with Crippen LogP contribution in [0.1, 0.15) is 16.7 Å². The first kappa shape index (κ1) is 14.4. The molecule has 1 nitrogen and oxygen atoms in total. The van der Waals surface area contributed by atoms with Gasteiger partial charge in [0.05, 0.1) is 5.56 Å². The lowest BCUT2D eigenvalue weighted by molar-refractivity contribution is -0.137. The van der Waals surface area contributed by atoms with Crippen molar-refractivity contribution in [3.05, 3.63) is 65.0 Å². The van der Waals surface area contributed by atoms with Crippen molar-refractivity contribution in [2.45, 2.75) is 19.7 Å². The van der Waals surface area contributed by atoms with Crippen molar-refractivity contribution in [3.63, 3.8) is 0 Å². The number of hydrogen-bond donors (Lipinski definition) is 0. The Balaban J connectivity index is 2.13. The summed E-state index contributed by atoms with van der Waals surface area (Å²) in [5.41, 5.74) is 0.398. The minimum atomic E-state index is -4.40. The van der Waals surface area contributed by atoms with E-state index in [0.29, 0.717) is 5.56 Å². The van der Waals surface area contributed by atoms with Crippen LogP contribution in [0.25, 0.3) is 0 Å². The molecule has 0 saturated carbocycles. The predicted octanol–water partition coefficient (Wildman–Crippen LogP) is 4.73. The molecule has 5 heteroatoms. The summed E-state index contributed by atoms with van der Waals surface area (Å²) in [6, 6.07) is 9.13. The zero-order valence-electron chi connectivity index (χ0n) is 10.7. The van der Waals surface area contributed by atoms with Gasteiger partial charge in [-0.1, -0.05) is 18.2 Å². The molecule has 0 heterocycles. The Morgan fingerprint density at radius 3 is 2.50 bits per heavy atom. The molecule has 0 fully saturated rings. The molecule has 2 rings (SSSR count). The highest BCUT2D eigenvalue weighted by Gasteiger charge is 2.30. The zero-order valence-corrected chi connectivity index (χ0v) is 10.7. The first-order valence-corrected chi connectivity index (χ1v) is 5.91. The molecule has 0 saturated heterocycles. The van der Waals surface area contributed by atoms with Crippen LogP contribution in [0.5, 0.6) is 5.75 Å². The van der Waals surface area contributed by atoms with Gasteiger partial charge < -0.3 is 4.74 Å². The van der Waals surface area contributed by atoms with Gasteiger partial charge in [-0.2, -0.15) is 13.2 Å². The van der Waals surface area contributed by atoms with Gasteiger partial charge in [0, 0.05) is 0 Å². The summed E-state index contributed by atoms with van der Waals surface area (Å²) in [4.78, 5) is 0.